The van der Waals surface area contributed by atoms with Crippen molar-refractivity contribution in [3.05, 3.63) is 11.7 Å². The summed E-state index contributed by atoms with van der Waals surface area (Å²) in [6.45, 7) is 10.0. The lowest BCUT2D eigenvalue weighted by atomic mass is 9.84. The highest BCUT2D eigenvalue weighted by Gasteiger charge is 2.32. The minimum absolute atomic E-state index is 0.0753. The monoisotopic (exact) mass is 295 g/mol. The van der Waals surface area contributed by atoms with Crippen LogP contribution in [0.3, 0.4) is 0 Å². The van der Waals surface area contributed by atoms with Gasteiger partial charge in [0.25, 0.3) is 0 Å². The zero-order valence-electron chi connectivity index (χ0n) is 13.8. The average Bonchev–Trinajstić information content (AvgIpc) is 2.94. The maximum Gasteiger partial charge on any atom is 0.231 e. The number of nitrogens with one attached hydrogen (secondary N) is 1. The molecule has 1 aromatic rings. The van der Waals surface area contributed by atoms with E-state index in [9.17, 15) is 0 Å². The third kappa shape index (κ3) is 4.04. The molecule has 0 aliphatic heterocycles. The van der Waals surface area contributed by atoms with E-state index in [1.165, 1.54) is 19.3 Å². The second-order valence-electron chi connectivity index (χ2n) is 6.17. The Labute approximate surface area is 127 Å². The number of likely N-dealkylation sites (N-methyl/N-ethyl adjacent to an activating group) is 1. The van der Waals surface area contributed by atoms with Gasteiger partial charge in [0.05, 0.1) is 5.92 Å². The van der Waals surface area contributed by atoms with Crippen molar-refractivity contribution in [1.29, 1.82) is 0 Å². The van der Waals surface area contributed by atoms with Gasteiger partial charge in [-0.05, 0) is 32.2 Å². The fourth-order valence-electron chi connectivity index (χ4n) is 3.19. The zero-order valence-corrected chi connectivity index (χ0v) is 13.8. The molecule has 0 saturated heterocycles. The Hall–Kier alpha value is -0.940. The van der Waals surface area contributed by atoms with Gasteiger partial charge >= 0.3 is 0 Å². The van der Waals surface area contributed by atoms with Crippen LogP contribution in [0, 0.1) is 5.92 Å². The van der Waals surface area contributed by atoms with Crippen LogP contribution in [0.5, 0.6) is 0 Å². The summed E-state index contributed by atoms with van der Waals surface area (Å²) in [5, 5.41) is 7.75. The van der Waals surface area contributed by atoms with Gasteiger partial charge < -0.3 is 14.6 Å². The van der Waals surface area contributed by atoms with Crippen molar-refractivity contribution in [1.82, 2.24) is 15.5 Å². The number of nitrogens with zero attached hydrogens (tertiary/aromatic N) is 2. The Morgan fingerprint density at radius 1 is 1.29 bits per heavy atom. The first kappa shape index (κ1) is 16.4. The standard InChI is InChI=1S/C16H29N3O2/c1-5-17-13-10-8-7-9-12(13)16-18-15(19-21-16)14(11(3)4)20-6-2/h11-14,17H,5-10H2,1-4H3. The van der Waals surface area contributed by atoms with E-state index >= 15 is 0 Å². The van der Waals surface area contributed by atoms with E-state index in [2.05, 4.69) is 36.2 Å². The summed E-state index contributed by atoms with van der Waals surface area (Å²) in [6.07, 6.45) is 4.76. The van der Waals surface area contributed by atoms with Crippen LogP contribution in [-0.2, 0) is 4.74 Å². The normalized spacial score (nSPS) is 24.4. The largest absolute Gasteiger partial charge is 0.370 e. The van der Waals surface area contributed by atoms with E-state index < -0.39 is 0 Å². The highest BCUT2D eigenvalue weighted by molar-refractivity contribution is 5.03. The molecule has 3 atom stereocenters. The van der Waals surface area contributed by atoms with Crippen LogP contribution in [0.1, 0.15) is 77.1 Å². The first-order valence-electron chi connectivity index (χ1n) is 8.35. The smallest absolute Gasteiger partial charge is 0.231 e. The van der Waals surface area contributed by atoms with E-state index in [4.69, 9.17) is 9.26 Å². The van der Waals surface area contributed by atoms with Gasteiger partial charge in [-0.3, -0.25) is 0 Å². The molecule has 1 aliphatic rings. The Kier molecular flexibility index (Phi) is 6.18. The van der Waals surface area contributed by atoms with E-state index in [1.807, 2.05) is 6.92 Å². The minimum atomic E-state index is -0.0753. The molecule has 120 valence electrons. The van der Waals surface area contributed by atoms with Crippen LogP contribution < -0.4 is 5.32 Å². The molecule has 1 aromatic heterocycles. The first-order valence-corrected chi connectivity index (χ1v) is 8.35. The van der Waals surface area contributed by atoms with E-state index in [0.717, 1.165) is 18.9 Å². The summed E-state index contributed by atoms with van der Waals surface area (Å²) in [7, 11) is 0. The Morgan fingerprint density at radius 2 is 2.05 bits per heavy atom. The molecule has 0 aromatic carbocycles. The number of ether oxygens (including phenoxy) is 1. The van der Waals surface area contributed by atoms with Crippen LogP contribution in [0.25, 0.3) is 0 Å². The SMILES string of the molecule is CCNC1CCCCC1c1nc(C(OCC)C(C)C)no1. The minimum Gasteiger partial charge on any atom is -0.370 e. The summed E-state index contributed by atoms with van der Waals surface area (Å²) in [6, 6.07) is 0.460. The molecule has 21 heavy (non-hydrogen) atoms. The molecule has 1 heterocycles. The molecule has 1 fully saturated rings. The van der Waals surface area contributed by atoms with Crippen molar-refractivity contribution in [3.63, 3.8) is 0 Å². The van der Waals surface area contributed by atoms with Crippen LogP contribution in [-0.4, -0.2) is 29.3 Å². The summed E-state index contributed by atoms with van der Waals surface area (Å²) >= 11 is 0. The van der Waals surface area contributed by atoms with Gasteiger partial charge in [0, 0.05) is 12.6 Å². The molecule has 0 amide bonds. The maximum atomic E-state index is 5.76. The molecule has 2 rings (SSSR count). The lowest BCUT2D eigenvalue weighted by Gasteiger charge is -2.29. The third-order valence-corrected chi connectivity index (χ3v) is 4.21. The fraction of sp³-hybridized carbons (Fsp3) is 0.875. The first-order chi connectivity index (χ1) is 10.2. The second kappa shape index (κ2) is 7.90. The molecule has 3 unspecified atom stereocenters. The molecule has 5 heteroatoms. The number of rotatable bonds is 7. The average molecular weight is 295 g/mol. The summed E-state index contributed by atoms with van der Waals surface area (Å²) < 4.78 is 11.3. The molecular formula is C16H29N3O2. The van der Waals surface area contributed by atoms with Crippen LogP contribution in [0.2, 0.25) is 0 Å². The Bertz CT molecular complexity index is 417. The zero-order chi connectivity index (χ0) is 15.2. The molecule has 0 spiro atoms. The van der Waals surface area contributed by atoms with Gasteiger partial charge in [-0.15, -0.1) is 0 Å². The summed E-state index contributed by atoms with van der Waals surface area (Å²) in [5.41, 5.74) is 0. The van der Waals surface area contributed by atoms with Crippen molar-refractivity contribution < 1.29 is 9.26 Å². The Balaban J connectivity index is 2.13. The van der Waals surface area contributed by atoms with Crippen LogP contribution in [0.15, 0.2) is 4.52 Å². The van der Waals surface area contributed by atoms with Gasteiger partial charge in [-0.1, -0.05) is 38.8 Å². The third-order valence-electron chi connectivity index (χ3n) is 4.21. The maximum absolute atomic E-state index is 5.76. The van der Waals surface area contributed by atoms with Crippen molar-refractivity contribution in [2.24, 2.45) is 5.92 Å². The predicted octanol–water partition coefficient (Wildman–Crippen LogP) is 3.44. The van der Waals surface area contributed by atoms with Crippen molar-refractivity contribution in [2.45, 2.75) is 71.4 Å². The van der Waals surface area contributed by atoms with Gasteiger partial charge in [0.15, 0.2) is 0 Å². The van der Waals surface area contributed by atoms with Crippen LogP contribution in [0.4, 0.5) is 0 Å². The van der Waals surface area contributed by atoms with Gasteiger partial charge in [0.1, 0.15) is 6.10 Å². The molecular weight excluding hydrogens is 266 g/mol. The number of hydrogen-bond acceptors (Lipinski definition) is 5. The highest BCUT2D eigenvalue weighted by Crippen LogP contribution is 2.33. The van der Waals surface area contributed by atoms with Crippen molar-refractivity contribution in [3.8, 4) is 0 Å². The predicted molar refractivity (Wildman–Crippen MR) is 82.2 cm³/mol. The number of aromatic nitrogens is 2. The molecule has 1 N–H and O–H groups in total. The lowest BCUT2D eigenvalue weighted by Crippen LogP contribution is -2.37. The molecule has 0 radical (unpaired) electrons. The second-order valence-corrected chi connectivity index (χ2v) is 6.17. The van der Waals surface area contributed by atoms with Crippen molar-refractivity contribution >= 4 is 0 Å². The topological polar surface area (TPSA) is 60.2 Å². The summed E-state index contributed by atoms with van der Waals surface area (Å²) in [4.78, 5) is 4.66. The van der Waals surface area contributed by atoms with E-state index in [0.29, 0.717) is 30.3 Å². The van der Waals surface area contributed by atoms with Gasteiger partial charge in [-0.2, -0.15) is 4.98 Å². The van der Waals surface area contributed by atoms with Gasteiger partial charge in [-0.25, -0.2) is 0 Å². The molecule has 0 bridgehead atoms. The van der Waals surface area contributed by atoms with Gasteiger partial charge in [0.2, 0.25) is 11.7 Å². The van der Waals surface area contributed by atoms with E-state index in [1.54, 1.807) is 0 Å². The summed E-state index contributed by atoms with van der Waals surface area (Å²) in [5.74, 6) is 2.16. The lowest BCUT2D eigenvalue weighted by molar-refractivity contribution is 0.0217. The highest BCUT2D eigenvalue weighted by atomic mass is 16.5. The fourth-order valence-corrected chi connectivity index (χ4v) is 3.19. The van der Waals surface area contributed by atoms with Crippen LogP contribution >= 0.6 is 0 Å². The Morgan fingerprint density at radius 3 is 2.71 bits per heavy atom. The quantitative estimate of drug-likeness (QED) is 0.835. The van der Waals surface area contributed by atoms with Crippen molar-refractivity contribution in [2.75, 3.05) is 13.2 Å². The number of hydrogen-bond donors (Lipinski definition) is 1. The molecule has 1 saturated carbocycles. The van der Waals surface area contributed by atoms with E-state index in [-0.39, 0.29) is 6.10 Å². The molecule has 1 aliphatic carbocycles. The molecule has 5 nitrogen and oxygen atoms in total.